The molecule has 204 valence electrons. The van der Waals surface area contributed by atoms with Crippen LogP contribution >= 0.6 is 11.6 Å². The number of nitrogens with one attached hydrogen (secondary N) is 3. The Kier molecular flexibility index (Phi) is 7.18. The van der Waals surface area contributed by atoms with Crippen LogP contribution in [-0.2, 0) is 4.79 Å². The number of hydrogen-bond donors (Lipinski definition) is 4. The molecule has 4 N–H and O–H groups in total. The number of aliphatic hydroxyl groups excluding tert-OH is 1. The second kappa shape index (κ2) is 10.8. The number of aliphatic imine (C=N–C) groups is 1. The summed E-state index contributed by atoms with van der Waals surface area (Å²) >= 11 is 6.08. The normalized spacial score (nSPS) is 25.4. The molecule has 0 aliphatic carbocycles. The first-order valence-corrected chi connectivity index (χ1v) is 14.2. The fourth-order valence-corrected chi connectivity index (χ4v) is 6.56. The molecule has 3 atom stereocenters. The van der Waals surface area contributed by atoms with E-state index in [1.807, 2.05) is 6.07 Å². The van der Waals surface area contributed by atoms with E-state index in [2.05, 4.69) is 44.6 Å². The largest absolute Gasteiger partial charge is 0.386 e. The zero-order chi connectivity index (χ0) is 27.0. The Bertz CT molecular complexity index is 1430. The van der Waals surface area contributed by atoms with Crippen molar-refractivity contribution in [2.75, 3.05) is 37.6 Å². The number of rotatable bonds is 5. The average molecular weight is 547 g/mol. The highest BCUT2D eigenvalue weighted by Crippen LogP contribution is 2.38. The molecule has 9 heteroatoms. The van der Waals surface area contributed by atoms with Crippen LogP contribution in [0.15, 0.2) is 53.7 Å². The zero-order valence-corrected chi connectivity index (χ0v) is 23.0. The van der Waals surface area contributed by atoms with E-state index >= 15 is 0 Å². The highest BCUT2D eigenvalue weighted by molar-refractivity contribution is 6.30. The van der Waals surface area contributed by atoms with E-state index < -0.39 is 12.0 Å². The number of aliphatic hydroxyl groups is 1. The number of hydrogen-bond acceptors (Lipinski definition) is 6. The number of amides is 1. The summed E-state index contributed by atoms with van der Waals surface area (Å²) in [5, 5.41) is 17.6. The Morgan fingerprint density at radius 2 is 2.13 bits per heavy atom. The molecule has 0 bridgehead atoms. The highest BCUT2D eigenvalue weighted by atomic mass is 35.5. The number of piperidine rings is 2. The Morgan fingerprint density at radius 3 is 2.95 bits per heavy atom. The summed E-state index contributed by atoms with van der Waals surface area (Å²) in [6.07, 6.45) is 7.53. The predicted octanol–water partition coefficient (Wildman–Crippen LogP) is 4.40. The topological polar surface area (TPSA) is 106 Å². The molecular formula is C30H35ClN6O2. The fraction of sp³-hybridized carbons (Fsp3) is 0.433. The van der Waals surface area contributed by atoms with Crippen molar-refractivity contribution in [3.05, 3.63) is 70.6 Å². The van der Waals surface area contributed by atoms with Crippen molar-refractivity contribution in [2.45, 2.75) is 44.6 Å². The fourth-order valence-electron chi connectivity index (χ4n) is 6.36. The number of allylic oxidation sites excluding steroid dienone is 1. The van der Waals surface area contributed by atoms with E-state index in [4.69, 9.17) is 16.6 Å². The first-order chi connectivity index (χ1) is 18.9. The molecule has 0 radical (unpaired) electrons. The van der Waals surface area contributed by atoms with Crippen LogP contribution in [0.1, 0.15) is 54.7 Å². The summed E-state index contributed by atoms with van der Waals surface area (Å²) in [4.78, 5) is 28.5. The molecule has 2 fully saturated rings. The average Bonchev–Trinajstić information content (AvgIpc) is 3.36. The van der Waals surface area contributed by atoms with Gasteiger partial charge in [0.05, 0.1) is 29.4 Å². The molecule has 4 heterocycles. The maximum Gasteiger partial charge on any atom is 0.240 e. The van der Waals surface area contributed by atoms with Gasteiger partial charge in [-0.25, -0.2) is 4.98 Å². The third-order valence-corrected chi connectivity index (χ3v) is 8.59. The minimum atomic E-state index is -0.831. The van der Waals surface area contributed by atoms with E-state index in [-0.39, 0.29) is 12.5 Å². The maximum atomic E-state index is 13.0. The van der Waals surface area contributed by atoms with Gasteiger partial charge in [0.25, 0.3) is 0 Å². The summed E-state index contributed by atoms with van der Waals surface area (Å²) in [7, 11) is 0. The van der Waals surface area contributed by atoms with Crippen molar-refractivity contribution in [3.8, 4) is 0 Å². The van der Waals surface area contributed by atoms with Crippen molar-refractivity contribution in [2.24, 2.45) is 10.4 Å². The van der Waals surface area contributed by atoms with Gasteiger partial charge in [0.15, 0.2) is 0 Å². The summed E-state index contributed by atoms with van der Waals surface area (Å²) in [5.74, 6) is -0.341. The van der Waals surface area contributed by atoms with Crippen molar-refractivity contribution in [1.82, 2.24) is 20.6 Å². The number of carbonyl (C=O) groups excluding carboxylic acids is 1. The van der Waals surface area contributed by atoms with Crippen molar-refractivity contribution < 1.29 is 9.90 Å². The summed E-state index contributed by atoms with van der Waals surface area (Å²) in [5.41, 5.74) is 5.65. The predicted molar refractivity (Wildman–Crippen MR) is 156 cm³/mol. The number of benzene rings is 2. The highest BCUT2D eigenvalue weighted by Gasteiger charge is 2.37. The Morgan fingerprint density at radius 1 is 1.26 bits per heavy atom. The third-order valence-electron chi connectivity index (χ3n) is 8.36. The first kappa shape index (κ1) is 26.0. The number of H-pyrrole nitrogens is 1. The molecule has 3 aliphatic heterocycles. The van der Waals surface area contributed by atoms with Crippen LogP contribution in [0, 0.1) is 12.3 Å². The smallest absolute Gasteiger partial charge is 0.240 e. The van der Waals surface area contributed by atoms with E-state index in [1.165, 1.54) is 31.4 Å². The molecule has 8 nitrogen and oxygen atoms in total. The third kappa shape index (κ3) is 5.33. The lowest BCUT2D eigenvalue weighted by molar-refractivity contribution is -0.120. The second-order valence-corrected chi connectivity index (χ2v) is 11.6. The number of imidazole rings is 1. The Hall–Kier alpha value is -3.20. The molecule has 2 unspecified atom stereocenters. The van der Waals surface area contributed by atoms with Gasteiger partial charge in [0.2, 0.25) is 5.91 Å². The van der Waals surface area contributed by atoms with Gasteiger partial charge in [-0.1, -0.05) is 23.7 Å². The number of nitrogens with zero attached hydrogens (tertiary/aromatic N) is 3. The molecule has 3 aliphatic rings. The first-order valence-electron chi connectivity index (χ1n) is 13.8. The Balaban J connectivity index is 1.27. The quantitative estimate of drug-likeness (QED) is 0.380. The number of aromatic nitrogens is 2. The van der Waals surface area contributed by atoms with E-state index in [0.29, 0.717) is 27.5 Å². The number of halogens is 1. The SMILES string of the molecule is Cc1cc(N2CCCC3(CCCNC3)C2)cc2[nH]c(C3C(=O)NC=CC3=NC[C@@H](O)c3cccc(Cl)c3)nc12. The van der Waals surface area contributed by atoms with Crippen LogP contribution in [0.3, 0.4) is 0 Å². The lowest BCUT2D eigenvalue weighted by Gasteiger charge is -2.46. The van der Waals surface area contributed by atoms with Crippen LogP contribution in [0.25, 0.3) is 11.0 Å². The second-order valence-electron chi connectivity index (χ2n) is 11.2. The van der Waals surface area contributed by atoms with Crippen LogP contribution in [0.2, 0.25) is 5.02 Å². The Labute approximate surface area is 233 Å². The molecule has 6 rings (SSSR count). The number of carbonyl (C=O) groups is 1. The van der Waals surface area contributed by atoms with Gasteiger partial charge in [-0.15, -0.1) is 0 Å². The van der Waals surface area contributed by atoms with Crippen LogP contribution in [0.4, 0.5) is 5.69 Å². The van der Waals surface area contributed by atoms with E-state index in [9.17, 15) is 9.90 Å². The van der Waals surface area contributed by atoms with Gasteiger partial charge in [-0.2, -0.15) is 0 Å². The van der Waals surface area contributed by atoms with E-state index in [1.54, 1.807) is 30.5 Å². The molecular weight excluding hydrogens is 512 g/mol. The number of anilines is 1. The van der Waals surface area contributed by atoms with Gasteiger partial charge in [-0.3, -0.25) is 9.79 Å². The van der Waals surface area contributed by atoms with Crippen molar-refractivity contribution in [1.29, 1.82) is 0 Å². The molecule has 1 spiro atoms. The van der Waals surface area contributed by atoms with Crippen LogP contribution in [-0.4, -0.2) is 59.4 Å². The number of aryl methyl sites for hydroxylation is 1. The standard InChI is InChI=1S/C30H35ClN6O2/c1-19-13-22(37-12-4-9-30(18-37)8-3-10-32-17-30)15-24-27(19)36-28(35-24)26-23(7-11-33-29(26)39)34-16-25(38)20-5-2-6-21(31)14-20/h2,5-7,11,13-15,25-26,32,38H,3-4,8-10,12,16-18H2,1H3,(H,33,39)(H,35,36)/t25-,26?,30?/m1/s1. The summed E-state index contributed by atoms with van der Waals surface area (Å²) in [6.45, 7) is 6.52. The molecule has 39 heavy (non-hydrogen) atoms. The van der Waals surface area contributed by atoms with Gasteiger partial charge >= 0.3 is 0 Å². The maximum absolute atomic E-state index is 13.0. The van der Waals surface area contributed by atoms with Gasteiger partial charge in [-0.05, 0) is 80.6 Å². The van der Waals surface area contributed by atoms with Gasteiger partial charge in [0, 0.05) is 42.0 Å². The minimum absolute atomic E-state index is 0.110. The number of fused-ring (bicyclic) bond motifs is 1. The molecule has 1 amide bonds. The lowest BCUT2D eigenvalue weighted by Crippen LogP contribution is -2.51. The van der Waals surface area contributed by atoms with Crippen LogP contribution in [0.5, 0.6) is 0 Å². The molecule has 1 aromatic heterocycles. The lowest BCUT2D eigenvalue weighted by atomic mass is 9.74. The molecule has 3 aromatic rings. The molecule has 2 saturated heterocycles. The van der Waals surface area contributed by atoms with Gasteiger partial charge < -0.3 is 25.6 Å². The van der Waals surface area contributed by atoms with Crippen molar-refractivity contribution >= 4 is 39.9 Å². The van der Waals surface area contributed by atoms with Gasteiger partial charge in [0.1, 0.15) is 11.7 Å². The monoisotopic (exact) mass is 546 g/mol. The summed E-state index contributed by atoms with van der Waals surface area (Å²) in [6, 6.07) is 11.5. The van der Waals surface area contributed by atoms with E-state index in [0.717, 1.165) is 42.8 Å². The van der Waals surface area contributed by atoms with Crippen molar-refractivity contribution in [3.63, 3.8) is 0 Å². The van der Waals surface area contributed by atoms with Crippen LogP contribution < -0.4 is 15.5 Å². The minimum Gasteiger partial charge on any atom is -0.386 e. The summed E-state index contributed by atoms with van der Waals surface area (Å²) < 4.78 is 0. The number of aromatic amines is 1. The zero-order valence-electron chi connectivity index (χ0n) is 22.2. The molecule has 0 saturated carbocycles. The molecule has 2 aromatic carbocycles.